The SMILES string of the molecule is CCNC(C)CN(CC)c1ccccc1F. The molecular formula is C13H21FN2. The number of benzene rings is 1. The minimum Gasteiger partial charge on any atom is -0.368 e. The number of para-hydroxylation sites is 1. The molecule has 0 spiro atoms. The van der Waals surface area contributed by atoms with Crippen molar-refractivity contribution in [2.24, 2.45) is 0 Å². The highest BCUT2D eigenvalue weighted by atomic mass is 19.1. The van der Waals surface area contributed by atoms with Gasteiger partial charge < -0.3 is 10.2 Å². The maximum atomic E-state index is 13.6. The molecule has 0 saturated heterocycles. The van der Waals surface area contributed by atoms with Crippen LogP contribution in [0.2, 0.25) is 0 Å². The van der Waals surface area contributed by atoms with E-state index < -0.39 is 0 Å². The third-order valence-corrected chi connectivity index (χ3v) is 2.62. The van der Waals surface area contributed by atoms with E-state index in [-0.39, 0.29) is 5.82 Å². The predicted molar refractivity (Wildman–Crippen MR) is 67.4 cm³/mol. The summed E-state index contributed by atoms with van der Waals surface area (Å²) in [5.41, 5.74) is 0.690. The summed E-state index contributed by atoms with van der Waals surface area (Å²) in [5, 5.41) is 3.34. The molecule has 0 radical (unpaired) electrons. The number of hydrogen-bond donors (Lipinski definition) is 1. The molecule has 0 aliphatic rings. The monoisotopic (exact) mass is 224 g/mol. The lowest BCUT2D eigenvalue weighted by Crippen LogP contribution is -2.39. The number of rotatable bonds is 6. The molecule has 1 rings (SSSR count). The van der Waals surface area contributed by atoms with Crippen LogP contribution in [0.4, 0.5) is 10.1 Å². The first-order valence-electron chi connectivity index (χ1n) is 5.91. The number of anilines is 1. The van der Waals surface area contributed by atoms with E-state index in [1.165, 1.54) is 6.07 Å². The molecule has 0 aliphatic carbocycles. The normalized spacial score (nSPS) is 12.5. The Hall–Kier alpha value is -1.09. The van der Waals surface area contributed by atoms with E-state index in [0.29, 0.717) is 11.7 Å². The first-order valence-corrected chi connectivity index (χ1v) is 5.91. The molecule has 0 aromatic heterocycles. The van der Waals surface area contributed by atoms with Crippen LogP contribution < -0.4 is 10.2 Å². The Labute approximate surface area is 97.5 Å². The van der Waals surface area contributed by atoms with E-state index in [1.807, 2.05) is 19.1 Å². The molecule has 0 fully saturated rings. The fraction of sp³-hybridized carbons (Fsp3) is 0.538. The zero-order chi connectivity index (χ0) is 12.0. The molecule has 2 nitrogen and oxygen atoms in total. The van der Waals surface area contributed by atoms with Crippen molar-refractivity contribution in [2.45, 2.75) is 26.8 Å². The van der Waals surface area contributed by atoms with Gasteiger partial charge in [-0.3, -0.25) is 0 Å². The first-order chi connectivity index (χ1) is 7.69. The van der Waals surface area contributed by atoms with Crippen LogP contribution in [-0.2, 0) is 0 Å². The van der Waals surface area contributed by atoms with Crippen LogP contribution >= 0.6 is 0 Å². The second kappa shape index (κ2) is 6.48. The topological polar surface area (TPSA) is 15.3 Å². The maximum Gasteiger partial charge on any atom is 0.146 e. The lowest BCUT2D eigenvalue weighted by Gasteiger charge is -2.27. The highest BCUT2D eigenvalue weighted by Crippen LogP contribution is 2.18. The lowest BCUT2D eigenvalue weighted by atomic mass is 10.2. The molecule has 1 unspecified atom stereocenters. The summed E-state index contributed by atoms with van der Waals surface area (Å²) >= 11 is 0. The molecule has 90 valence electrons. The molecule has 0 amide bonds. The van der Waals surface area contributed by atoms with Gasteiger partial charge in [0, 0.05) is 19.1 Å². The van der Waals surface area contributed by atoms with Crippen molar-refractivity contribution in [3.63, 3.8) is 0 Å². The van der Waals surface area contributed by atoms with Crippen LogP contribution in [-0.4, -0.2) is 25.7 Å². The number of likely N-dealkylation sites (N-methyl/N-ethyl adjacent to an activating group) is 2. The van der Waals surface area contributed by atoms with Crippen molar-refractivity contribution in [1.82, 2.24) is 5.32 Å². The van der Waals surface area contributed by atoms with Crippen LogP contribution in [0.5, 0.6) is 0 Å². The van der Waals surface area contributed by atoms with E-state index in [1.54, 1.807) is 6.07 Å². The van der Waals surface area contributed by atoms with Gasteiger partial charge in [-0.25, -0.2) is 4.39 Å². The summed E-state index contributed by atoms with van der Waals surface area (Å²) in [5.74, 6) is -0.145. The Morgan fingerprint density at radius 1 is 1.31 bits per heavy atom. The van der Waals surface area contributed by atoms with Gasteiger partial charge >= 0.3 is 0 Å². The van der Waals surface area contributed by atoms with Crippen molar-refractivity contribution >= 4 is 5.69 Å². The van der Waals surface area contributed by atoms with E-state index in [2.05, 4.69) is 24.1 Å². The molecule has 0 aliphatic heterocycles. The van der Waals surface area contributed by atoms with Gasteiger partial charge in [0.15, 0.2) is 0 Å². The Morgan fingerprint density at radius 3 is 2.56 bits per heavy atom. The third kappa shape index (κ3) is 3.49. The molecule has 0 saturated carbocycles. The molecular weight excluding hydrogens is 203 g/mol. The number of halogens is 1. The zero-order valence-electron chi connectivity index (χ0n) is 10.3. The summed E-state index contributed by atoms with van der Waals surface area (Å²) in [4.78, 5) is 2.06. The lowest BCUT2D eigenvalue weighted by molar-refractivity contribution is 0.546. The molecule has 3 heteroatoms. The Kier molecular flexibility index (Phi) is 5.26. The second-order valence-electron chi connectivity index (χ2n) is 3.95. The van der Waals surface area contributed by atoms with E-state index in [0.717, 1.165) is 19.6 Å². The van der Waals surface area contributed by atoms with Crippen molar-refractivity contribution < 1.29 is 4.39 Å². The van der Waals surface area contributed by atoms with Gasteiger partial charge in [0.1, 0.15) is 5.82 Å². The van der Waals surface area contributed by atoms with E-state index in [4.69, 9.17) is 0 Å². The van der Waals surface area contributed by atoms with Gasteiger partial charge in [0.2, 0.25) is 0 Å². The molecule has 0 heterocycles. The van der Waals surface area contributed by atoms with Crippen molar-refractivity contribution in [3.8, 4) is 0 Å². The summed E-state index contributed by atoms with van der Waals surface area (Å²) in [6, 6.07) is 7.30. The van der Waals surface area contributed by atoms with Gasteiger partial charge in [0.25, 0.3) is 0 Å². The molecule has 1 atom stereocenters. The molecule has 1 N–H and O–H groups in total. The van der Waals surface area contributed by atoms with Crippen LogP contribution in [0.1, 0.15) is 20.8 Å². The fourth-order valence-electron chi connectivity index (χ4n) is 1.85. The standard InChI is InChI=1S/C13H21FN2/c1-4-15-11(3)10-16(5-2)13-9-7-6-8-12(13)14/h6-9,11,15H,4-5,10H2,1-3H3. The minimum absolute atomic E-state index is 0.145. The summed E-state index contributed by atoms with van der Waals surface area (Å²) < 4.78 is 13.6. The first kappa shape index (κ1) is 13.0. The number of nitrogens with zero attached hydrogens (tertiary/aromatic N) is 1. The van der Waals surface area contributed by atoms with Crippen LogP contribution in [0.3, 0.4) is 0 Å². The molecule has 1 aromatic rings. The highest BCUT2D eigenvalue weighted by Gasteiger charge is 2.11. The predicted octanol–water partition coefficient (Wildman–Crippen LogP) is 2.65. The second-order valence-corrected chi connectivity index (χ2v) is 3.95. The van der Waals surface area contributed by atoms with Gasteiger partial charge in [0.05, 0.1) is 5.69 Å². The fourth-order valence-corrected chi connectivity index (χ4v) is 1.85. The number of nitrogens with one attached hydrogen (secondary N) is 1. The van der Waals surface area contributed by atoms with Crippen molar-refractivity contribution in [1.29, 1.82) is 0 Å². The van der Waals surface area contributed by atoms with Gasteiger partial charge in [-0.2, -0.15) is 0 Å². The highest BCUT2D eigenvalue weighted by molar-refractivity contribution is 5.47. The summed E-state index contributed by atoms with van der Waals surface area (Å²) in [6.45, 7) is 8.83. The average Bonchev–Trinajstić information content (AvgIpc) is 2.27. The van der Waals surface area contributed by atoms with E-state index in [9.17, 15) is 4.39 Å². The Morgan fingerprint density at radius 2 is 2.00 bits per heavy atom. The third-order valence-electron chi connectivity index (χ3n) is 2.62. The quantitative estimate of drug-likeness (QED) is 0.799. The minimum atomic E-state index is -0.145. The summed E-state index contributed by atoms with van der Waals surface area (Å²) in [6.07, 6.45) is 0. The zero-order valence-corrected chi connectivity index (χ0v) is 10.3. The molecule has 1 aromatic carbocycles. The van der Waals surface area contributed by atoms with Gasteiger partial charge in [-0.1, -0.05) is 19.1 Å². The molecule has 0 bridgehead atoms. The smallest absolute Gasteiger partial charge is 0.146 e. The van der Waals surface area contributed by atoms with E-state index >= 15 is 0 Å². The van der Waals surface area contributed by atoms with Crippen molar-refractivity contribution in [2.75, 3.05) is 24.5 Å². The largest absolute Gasteiger partial charge is 0.368 e. The van der Waals surface area contributed by atoms with Crippen molar-refractivity contribution in [3.05, 3.63) is 30.1 Å². The number of hydrogen-bond acceptors (Lipinski definition) is 2. The van der Waals surface area contributed by atoms with Crippen LogP contribution in [0, 0.1) is 5.82 Å². The van der Waals surface area contributed by atoms with Gasteiger partial charge in [-0.15, -0.1) is 0 Å². The molecule has 16 heavy (non-hydrogen) atoms. The Balaban J connectivity index is 2.71. The Bertz CT molecular complexity index is 315. The maximum absolute atomic E-state index is 13.6. The summed E-state index contributed by atoms with van der Waals surface area (Å²) in [7, 11) is 0. The average molecular weight is 224 g/mol. The van der Waals surface area contributed by atoms with Crippen LogP contribution in [0.15, 0.2) is 24.3 Å². The van der Waals surface area contributed by atoms with Crippen LogP contribution in [0.25, 0.3) is 0 Å². The van der Waals surface area contributed by atoms with Gasteiger partial charge in [-0.05, 0) is 32.5 Å².